The number of alkyl halides is 3. The van der Waals surface area contributed by atoms with E-state index in [1.807, 2.05) is 0 Å². The minimum absolute atomic E-state index is 0.149. The molecule has 0 aliphatic carbocycles. The Kier molecular flexibility index (Phi) is 4.50. The van der Waals surface area contributed by atoms with Crippen LogP contribution in [-0.2, 0) is 6.18 Å². The number of rotatable bonds is 4. The lowest BCUT2D eigenvalue weighted by atomic mass is 10.1. The van der Waals surface area contributed by atoms with Gasteiger partial charge in [0.25, 0.3) is 0 Å². The first-order valence-electron chi connectivity index (χ1n) is 6.47. The fourth-order valence-electron chi connectivity index (χ4n) is 2.24. The van der Waals surface area contributed by atoms with E-state index in [0.717, 1.165) is 38.1 Å². The van der Waals surface area contributed by atoms with Crippen LogP contribution >= 0.6 is 0 Å². The van der Waals surface area contributed by atoms with E-state index in [1.165, 1.54) is 6.07 Å². The maximum atomic E-state index is 12.8. The van der Waals surface area contributed by atoms with Crippen molar-refractivity contribution < 1.29 is 17.9 Å². The Labute approximate surface area is 115 Å². The van der Waals surface area contributed by atoms with Gasteiger partial charge < -0.3 is 4.74 Å². The van der Waals surface area contributed by atoms with Crippen molar-refractivity contribution in [3.05, 3.63) is 29.3 Å². The fourth-order valence-corrected chi connectivity index (χ4v) is 2.24. The van der Waals surface area contributed by atoms with Crippen LogP contribution in [0.2, 0.25) is 0 Å². The van der Waals surface area contributed by atoms with Gasteiger partial charge in [-0.05, 0) is 44.1 Å². The zero-order chi connectivity index (χ0) is 14.6. The summed E-state index contributed by atoms with van der Waals surface area (Å²) in [5.74, 6) is 0.149. The van der Waals surface area contributed by atoms with Crippen LogP contribution in [-0.4, -0.2) is 31.1 Å². The molecular weight excluding hydrogens is 269 g/mol. The maximum absolute atomic E-state index is 12.8. The first kappa shape index (κ1) is 14.7. The van der Waals surface area contributed by atoms with Crippen LogP contribution < -0.4 is 4.74 Å². The van der Waals surface area contributed by atoms with E-state index in [1.54, 1.807) is 6.07 Å². The fraction of sp³-hybridized carbons (Fsp3) is 0.500. The Balaban J connectivity index is 2.00. The summed E-state index contributed by atoms with van der Waals surface area (Å²) in [5, 5.41) is 8.69. The number of benzene rings is 1. The van der Waals surface area contributed by atoms with Gasteiger partial charge in [0.15, 0.2) is 0 Å². The van der Waals surface area contributed by atoms with E-state index >= 15 is 0 Å². The van der Waals surface area contributed by atoms with Crippen molar-refractivity contribution >= 4 is 0 Å². The van der Waals surface area contributed by atoms with Gasteiger partial charge in [-0.2, -0.15) is 18.4 Å². The summed E-state index contributed by atoms with van der Waals surface area (Å²) in [4.78, 5) is 2.22. The predicted molar refractivity (Wildman–Crippen MR) is 67.3 cm³/mol. The molecule has 0 aromatic heterocycles. The standard InChI is InChI=1S/C14H15F3N2O/c15-14(16,17)13-9-12(4-3-11(13)10-18)20-8-7-19-5-1-2-6-19/h3-4,9H,1-2,5-8H2. The SMILES string of the molecule is N#Cc1ccc(OCCN2CCCC2)cc1C(F)(F)F. The zero-order valence-corrected chi connectivity index (χ0v) is 10.9. The van der Waals surface area contributed by atoms with Crippen LogP contribution in [0.3, 0.4) is 0 Å². The van der Waals surface area contributed by atoms with E-state index in [0.29, 0.717) is 13.2 Å². The van der Waals surface area contributed by atoms with Crippen molar-refractivity contribution in [2.24, 2.45) is 0 Å². The van der Waals surface area contributed by atoms with Gasteiger partial charge in [-0.1, -0.05) is 0 Å². The van der Waals surface area contributed by atoms with E-state index in [2.05, 4.69) is 4.90 Å². The number of nitrogens with zero attached hydrogens (tertiary/aromatic N) is 2. The van der Waals surface area contributed by atoms with Crippen LogP contribution in [0.4, 0.5) is 13.2 Å². The Hall–Kier alpha value is -1.74. The van der Waals surface area contributed by atoms with E-state index in [4.69, 9.17) is 10.00 Å². The van der Waals surface area contributed by atoms with Gasteiger partial charge in [-0.3, -0.25) is 4.90 Å². The van der Waals surface area contributed by atoms with Gasteiger partial charge in [-0.25, -0.2) is 0 Å². The number of nitriles is 1. The molecule has 0 N–H and O–H groups in total. The molecule has 1 aliphatic heterocycles. The summed E-state index contributed by atoms with van der Waals surface area (Å²) in [6.45, 7) is 3.10. The highest BCUT2D eigenvalue weighted by Gasteiger charge is 2.34. The lowest BCUT2D eigenvalue weighted by Crippen LogP contribution is -2.25. The molecule has 1 fully saturated rings. The van der Waals surface area contributed by atoms with Crippen LogP contribution in [0.25, 0.3) is 0 Å². The second-order valence-electron chi connectivity index (χ2n) is 4.71. The molecular formula is C14H15F3N2O. The quantitative estimate of drug-likeness (QED) is 0.852. The third kappa shape index (κ3) is 3.64. The summed E-state index contributed by atoms with van der Waals surface area (Å²) in [5.41, 5.74) is -1.33. The Bertz CT molecular complexity index is 502. The first-order chi connectivity index (χ1) is 9.50. The summed E-state index contributed by atoms with van der Waals surface area (Å²) >= 11 is 0. The molecule has 0 spiro atoms. The molecule has 0 unspecified atom stereocenters. The number of likely N-dealkylation sites (tertiary alicyclic amines) is 1. The highest BCUT2D eigenvalue weighted by atomic mass is 19.4. The topological polar surface area (TPSA) is 36.3 Å². The molecule has 2 rings (SSSR count). The third-order valence-electron chi connectivity index (χ3n) is 3.29. The van der Waals surface area contributed by atoms with Gasteiger partial charge in [0.2, 0.25) is 0 Å². The minimum atomic E-state index is -4.54. The van der Waals surface area contributed by atoms with Crippen LogP contribution in [0.1, 0.15) is 24.0 Å². The molecule has 20 heavy (non-hydrogen) atoms. The summed E-state index contributed by atoms with van der Waals surface area (Å²) in [6, 6.07) is 4.99. The van der Waals surface area contributed by atoms with Gasteiger partial charge in [0.1, 0.15) is 12.4 Å². The summed E-state index contributed by atoms with van der Waals surface area (Å²) in [7, 11) is 0. The average Bonchev–Trinajstić information content (AvgIpc) is 2.91. The molecule has 0 amide bonds. The first-order valence-corrected chi connectivity index (χ1v) is 6.47. The van der Waals surface area contributed by atoms with Crippen LogP contribution in [0.15, 0.2) is 18.2 Å². The molecule has 108 valence electrons. The number of hydrogen-bond acceptors (Lipinski definition) is 3. The molecule has 0 saturated carbocycles. The summed E-state index contributed by atoms with van der Waals surface area (Å²) < 4.78 is 43.7. The third-order valence-corrected chi connectivity index (χ3v) is 3.29. The number of hydrogen-bond donors (Lipinski definition) is 0. The smallest absolute Gasteiger partial charge is 0.417 e. The van der Waals surface area contributed by atoms with Crippen LogP contribution in [0, 0.1) is 11.3 Å². The largest absolute Gasteiger partial charge is 0.492 e. The lowest BCUT2D eigenvalue weighted by Gasteiger charge is -2.16. The number of halogens is 3. The normalized spacial score (nSPS) is 16.1. The monoisotopic (exact) mass is 284 g/mol. The lowest BCUT2D eigenvalue weighted by molar-refractivity contribution is -0.137. The van der Waals surface area contributed by atoms with Crippen molar-refractivity contribution in [1.82, 2.24) is 4.90 Å². The molecule has 1 saturated heterocycles. The van der Waals surface area contributed by atoms with Crippen molar-refractivity contribution in [1.29, 1.82) is 5.26 Å². The highest BCUT2D eigenvalue weighted by molar-refractivity contribution is 5.44. The molecule has 0 atom stereocenters. The molecule has 3 nitrogen and oxygen atoms in total. The van der Waals surface area contributed by atoms with Gasteiger partial charge in [0.05, 0.1) is 17.2 Å². The van der Waals surface area contributed by atoms with Gasteiger partial charge >= 0.3 is 6.18 Å². The summed E-state index contributed by atoms with van der Waals surface area (Å²) in [6.07, 6.45) is -2.22. The molecule has 0 bridgehead atoms. The van der Waals surface area contributed by atoms with E-state index in [-0.39, 0.29) is 11.3 Å². The zero-order valence-electron chi connectivity index (χ0n) is 10.9. The minimum Gasteiger partial charge on any atom is -0.492 e. The molecule has 1 aliphatic rings. The molecule has 1 heterocycles. The molecule has 6 heteroatoms. The molecule has 1 aromatic rings. The highest BCUT2D eigenvalue weighted by Crippen LogP contribution is 2.34. The van der Waals surface area contributed by atoms with E-state index < -0.39 is 11.7 Å². The second kappa shape index (κ2) is 6.14. The van der Waals surface area contributed by atoms with Crippen molar-refractivity contribution in [2.75, 3.05) is 26.2 Å². The second-order valence-corrected chi connectivity index (χ2v) is 4.71. The van der Waals surface area contributed by atoms with Gasteiger partial charge in [-0.15, -0.1) is 0 Å². The van der Waals surface area contributed by atoms with Crippen molar-refractivity contribution in [2.45, 2.75) is 19.0 Å². The van der Waals surface area contributed by atoms with Crippen molar-refractivity contribution in [3.63, 3.8) is 0 Å². The molecule has 0 radical (unpaired) electrons. The van der Waals surface area contributed by atoms with Crippen LogP contribution in [0.5, 0.6) is 5.75 Å². The number of ether oxygens (including phenoxy) is 1. The Morgan fingerprint density at radius 2 is 1.95 bits per heavy atom. The Morgan fingerprint density at radius 3 is 2.55 bits per heavy atom. The van der Waals surface area contributed by atoms with E-state index in [9.17, 15) is 13.2 Å². The Morgan fingerprint density at radius 1 is 1.25 bits per heavy atom. The maximum Gasteiger partial charge on any atom is 0.417 e. The molecule has 1 aromatic carbocycles. The van der Waals surface area contributed by atoms with Gasteiger partial charge in [0, 0.05) is 6.54 Å². The average molecular weight is 284 g/mol. The van der Waals surface area contributed by atoms with Crippen molar-refractivity contribution in [3.8, 4) is 11.8 Å². The predicted octanol–water partition coefficient (Wildman–Crippen LogP) is 3.05.